The van der Waals surface area contributed by atoms with Crippen molar-refractivity contribution in [2.45, 2.75) is 17.2 Å². The first-order valence-electron chi connectivity index (χ1n) is 12.8. The molecule has 3 heterocycles. The van der Waals surface area contributed by atoms with Gasteiger partial charge in [-0.2, -0.15) is 14.7 Å². The maximum Gasteiger partial charge on any atom is 0.243 e. The average Bonchev–Trinajstić information content (AvgIpc) is 3.37. The first-order valence-corrected chi connectivity index (χ1v) is 14.2. The van der Waals surface area contributed by atoms with Gasteiger partial charge in [-0.15, -0.1) is 0 Å². The molecule has 2 atom stereocenters. The fraction of sp³-hybridized carbons (Fsp3) is 0.357. The van der Waals surface area contributed by atoms with E-state index < -0.39 is 10.0 Å². The summed E-state index contributed by atoms with van der Waals surface area (Å²) in [5.41, 5.74) is 4.48. The number of rotatable bonds is 5. The monoisotopic (exact) mass is 533 g/mol. The second kappa shape index (κ2) is 10.1. The highest BCUT2D eigenvalue weighted by atomic mass is 32.2. The van der Waals surface area contributed by atoms with E-state index in [1.54, 1.807) is 28.6 Å². The lowest BCUT2D eigenvalue weighted by Gasteiger charge is -2.42. The number of hydrogen-bond acceptors (Lipinski definition) is 6. The van der Waals surface area contributed by atoms with E-state index in [4.69, 9.17) is 10.00 Å². The number of aromatic nitrogens is 2. The summed E-state index contributed by atoms with van der Waals surface area (Å²) in [5.74, 6) is -0.233. The Morgan fingerprint density at radius 1 is 1.05 bits per heavy atom. The van der Waals surface area contributed by atoms with Crippen LogP contribution in [0, 0.1) is 23.1 Å². The number of piperidine rings is 1. The molecule has 1 aromatic heterocycles. The summed E-state index contributed by atoms with van der Waals surface area (Å²) < 4.78 is 49.7. The Labute approximate surface area is 221 Å². The van der Waals surface area contributed by atoms with E-state index in [0.717, 1.165) is 36.6 Å². The Morgan fingerprint density at radius 3 is 2.50 bits per heavy atom. The summed E-state index contributed by atoms with van der Waals surface area (Å²) >= 11 is 0. The maximum absolute atomic E-state index is 13.6. The van der Waals surface area contributed by atoms with Gasteiger partial charge in [-0.05, 0) is 61.0 Å². The third kappa shape index (κ3) is 4.56. The largest absolute Gasteiger partial charge is 0.379 e. The zero-order valence-corrected chi connectivity index (χ0v) is 21.6. The van der Waals surface area contributed by atoms with Crippen molar-refractivity contribution in [2.75, 3.05) is 45.9 Å². The lowest BCUT2D eigenvalue weighted by molar-refractivity contribution is 0.0319. The molecule has 2 saturated heterocycles. The molecule has 1 aliphatic carbocycles. The third-order valence-corrected chi connectivity index (χ3v) is 9.70. The summed E-state index contributed by atoms with van der Waals surface area (Å²) in [7, 11) is -3.71. The average molecular weight is 534 g/mol. The molecule has 196 valence electrons. The molecule has 2 aliphatic heterocycles. The van der Waals surface area contributed by atoms with Crippen LogP contribution in [0.3, 0.4) is 0 Å². The number of morpholine rings is 1. The molecular weight excluding hydrogens is 505 g/mol. The Morgan fingerprint density at radius 2 is 1.79 bits per heavy atom. The Kier molecular flexibility index (Phi) is 6.61. The van der Waals surface area contributed by atoms with Crippen LogP contribution in [0.5, 0.6) is 0 Å². The molecule has 0 unspecified atom stereocenters. The predicted octanol–water partition coefficient (Wildman–Crippen LogP) is 3.41. The lowest BCUT2D eigenvalue weighted by atomic mass is 9.74. The van der Waals surface area contributed by atoms with Gasteiger partial charge in [0.1, 0.15) is 5.82 Å². The van der Waals surface area contributed by atoms with Crippen molar-refractivity contribution in [3.8, 4) is 11.8 Å². The van der Waals surface area contributed by atoms with E-state index in [-0.39, 0.29) is 22.5 Å². The smallest absolute Gasteiger partial charge is 0.243 e. The van der Waals surface area contributed by atoms with Crippen LogP contribution in [-0.4, -0.2) is 73.3 Å². The predicted molar refractivity (Wildman–Crippen MR) is 140 cm³/mol. The molecule has 38 heavy (non-hydrogen) atoms. The Balaban J connectivity index is 1.35. The van der Waals surface area contributed by atoms with E-state index in [0.29, 0.717) is 38.3 Å². The van der Waals surface area contributed by atoms with E-state index in [9.17, 15) is 12.8 Å². The van der Waals surface area contributed by atoms with Gasteiger partial charge in [-0.3, -0.25) is 4.90 Å². The minimum absolute atomic E-state index is 0.0121. The highest BCUT2D eigenvalue weighted by molar-refractivity contribution is 7.89. The molecule has 6 rings (SSSR count). The lowest BCUT2D eigenvalue weighted by Crippen LogP contribution is -2.47. The van der Waals surface area contributed by atoms with Crippen molar-refractivity contribution < 1.29 is 17.5 Å². The van der Waals surface area contributed by atoms with Crippen molar-refractivity contribution in [3.63, 3.8) is 0 Å². The molecule has 0 spiro atoms. The van der Waals surface area contributed by atoms with Crippen molar-refractivity contribution >= 4 is 16.1 Å². The van der Waals surface area contributed by atoms with Crippen LogP contribution < -0.4 is 0 Å². The van der Waals surface area contributed by atoms with Crippen LogP contribution in [0.1, 0.15) is 29.2 Å². The second-order valence-corrected chi connectivity index (χ2v) is 11.9. The van der Waals surface area contributed by atoms with Gasteiger partial charge in [0.05, 0.1) is 47.3 Å². The first-order chi connectivity index (χ1) is 18.4. The van der Waals surface area contributed by atoms with Crippen molar-refractivity contribution in [1.82, 2.24) is 19.0 Å². The van der Waals surface area contributed by atoms with Gasteiger partial charge < -0.3 is 4.74 Å². The first kappa shape index (κ1) is 24.9. The summed E-state index contributed by atoms with van der Waals surface area (Å²) in [5, 5.41) is 13.8. The number of benzene rings is 2. The fourth-order valence-electron chi connectivity index (χ4n) is 5.77. The fourth-order valence-corrected chi connectivity index (χ4v) is 7.24. The molecule has 0 amide bonds. The maximum atomic E-state index is 13.6. The topological polar surface area (TPSA) is 91.5 Å². The number of nitriles is 1. The Hall–Kier alpha value is -3.36. The summed E-state index contributed by atoms with van der Waals surface area (Å²) in [6, 6.07) is 14.4. The zero-order valence-electron chi connectivity index (χ0n) is 20.8. The molecule has 3 aromatic rings. The second-order valence-electron chi connectivity index (χ2n) is 9.97. The highest BCUT2D eigenvalue weighted by Crippen LogP contribution is 2.44. The summed E-state index contributed by atoms with van der Waals surface area (Å²) in [6.45, 7) is 4.56. The normalized spacial score (nSPS) is 22.3. The number of sulfonamides is 1. The minimum atomic E-state index is -3.71. The van der Waals surface area contributed by atoms with Gasteiger partial charge >= 0.3 is 0 Å². The van der Waals surface area contributed by atoms with Crippen molar-refractivity contribution in [2.24, 2.45) is 5.92 Å². The molecule has 0 bridgehead atoms. The van der Waals surface area contributed by atoms with Gasteiger partial charge in [-0.1, -0.05) is 5.57 Å². The van der Waals surface area contributed by atoms with Crippen LogP contribution in [0.15, 0.2) is 65.2 Å². The standard InChI is InChI=1S/C28H28FN5O3S/c29-22-3-5-23(6-4-22)34-28-15-21-9-10-33(38(35,36)24-7-1-20(16-30)2-8-24)19-26(21)27(25(28)17-31-34)18-32-11-13-37-14-12-32/h1-8,15,17,26-27H,9-14,18-19H2/t26-,27+/m1/s1. The molecule has 2 fully saturated rings. The number of ether oxygens (including phenoxy) is 1. The van der Waals surface area contributed by atoms with Gasteiger partial charge in [-0.25, -0.2) is 17.5 Å². The number of halogens is 1. The SMILES string of the molecule is N#Cc1ccc(S(=O)(=O)N2CCC3=Cc4c(cnn4-c4ccc(F)cc4)[C@H](CN4CCOCC4)[C@@H]3C2)cc1. The molecule has 0 radical (unpaired) electrons. The summed E-state index contributed by atoms with van der Waals surface area (Å²) in [6.07, 6.45) is 4.65. The summed E-state index contributed by atoms with van der Waals surface area (Å²) in [4.78, 5) is 2.58. The van der Waals surface area contributed by atoms with Gasteiger partial charge in [0, 0.05) is 50.1 Å². The van der Waals surface area contributed by atoms with Gasteiger partial charge in [0.25, 0.3) is 0 Å². The van der Waals surface area contributed by atoms with E-state index in [2.05, 4.69) is 16.1 Å². The van der Waals surface area contributed by atoms with Crippen LogP contribution in [0.25, 0.3) is 11.8 Å². The van der Waals surface area contributed by atoms with Gasteiger partial charge in [0.2, 0.25) is 10.0 Å². The van der Waals surface area contributed by atoms with Crippen LogP contribution >= 0.6 is 0 Å². The van der Waals surface area contributed by atoms with Gasteiger partial charge in [0.15, 0.2) is 0 Å². The minimum Gasteiger partial charge on any atom is -0.379 e. The number of nitrogens with zero attached hydrogens (tertiary/aromatic N) is 5. The van der Waals surface area contributed by atoms with E-state index in [1.165, 1.54) is 29.8 Å². The molecule has 8 nitrogen and oxygen atoms in total. The molecule has 3 aliphatic rings. The highest BCUT2D eigenvalue weighted by Gasteiger charge is 2.41. The Bertz CT molecular complexity index is 1500. The number of hydrogen-bond donors (Lipinski definition) is 0. The molecule has 10 heteroatoms. The van der Waals surface area contributed by atoms with Crippen molar-refractivity contribution in [1.29, 1.82) is 5.26 Å². The van der Waals surface area contributed by atoms with E-state index >= 15 is 0 Å². The quantitative estimate of drug-likeness (QED) is 0.499. The number of fused-ring (bicyclic) bond motifs is 2. The van der Waals surface area contributed by atoms with Crippen molar-refractivity contribution in [3.05, 3.63) is 82.9 Å². The van der Waals surface area contributed by atoms with Crippen LogP contribution in [-0.2, 0) is 14.8 Å². The zero-order chi connectivity index (χ0) is 26.3. The molecule has 0 saturated carbocycles. The van der Waals surface area contributed by atoms with Crippen LogP contribution in [0.4, 0.5) is 4.39 Å². The molecular formula is C28H28FN5O3S. The molecule has 0 N–H and O–H groups in total. The molecule has 2 aromatic carbocycles. The van der Waals surface area contributed by atoms with Crippen LogP contribution in [0.2, 0.25) is 0 Å². The van der Waals surface area contributed by atoms with E-state index in [1.807, 2.05) is 16.9 Å². The third-order valence-electron chi connectivity index (χ3n) is 7.82.